The van der Waals surface area contributed by atoms with Gasteiger partial charge in [0, 0.05) is 25.0 Å². The van der Waals surface area contributed by atoms with E-state index < -0.39 is 5.97 Å². The molecular formula is C22H23NO6. The van der Waals surface area contributed by atoms with Gasteiger partial charge in [0.2, 0.25) is 5.76 Å². The molecule has 1 aliphatic heterocycles. The van der Waals surface area contributed by atoms with Crippen molar-refractivity contribution in [1.82, 2.24) is 4.90 Å². The summed E-state index contributed by atoms with van der Waals surface area (Å²) in [7, 11) is 4.82. The molecule has 0 saturated heterocycles. The number of benzene rings is 2. The molecule has 4 rings (SSSR count). The fraction of sp³-hybridized carbons (Fsp3) is 0.318. The van der Waals surface area contributed by atoms with Crippen LogP contribution in [0.25, 0.3) is 11.0 Å². The molecule has 0 radical (unpaired) electrons. The van der Waals surface area contributed by atoms with Crippen molar-refractivity contribution in [3.8, 4) is 17.2 Å². The fourth-order valence-electron chi connectivity index (χ4n) is 3.88. The van der Waals surface area contributed by atoms with Crippen LogP contribution in [0.3, 0.4) is 0 Å². The Hall–Kier alpha value is -3.19. The van der Waals surface area contributed by atoms with Crippen molar-refractivity contribution in [1.29, 1.82) is 0 Å². The molecule has 1 aromatic heterocycles. The van der Waals surface area contributed by atoms with Gasteiger partial charge in [-0.25, -0.2) is 4.79 Å². The zero-order chi connectivity index (χ0) is 20.5. The third-order valence-corrected chi connectivity index (χ3v) is 5.36. The van der Waals surface area contributed by atoms with Crippen LogP contribution in [0, 0.1) is 0 Å². The lowest BCUT2D eigenvalue weighted by molar-refractivity contribution is 0.0665. The predicted octanol–water partition coefficient (Wildman–Crippen LogP) is 3.72. The summed E-state index contributed by atoms with van der Waals surface area (Å²) in [6, 6.07) is 9.43. The average molecular weight is 397 g/mol. The van der Waals surface area contributed by atoms with Crippen molar-refractivity contribution in [2.75, 3.05) is 27.9 Å². The van der Waals surface area contributed by atoms with Gasteiger partial charge in [0.15, 0.2) is 22.8 Å². The molecule has 0 amide bonds. The number of nitrogens with zero attached hydrogens (tertiary/aromatic N) is 1. The van der Waals surface area contributed by atoms with E-state index in [-0.39, 0.29) is 5.76 Å². The van der Waals surface area contributed by atoms with Crippen LogP contribution in [-0.2, 0) is 19.5 Å². The largest absolute Gasteiger partial charge is 0.493 e. The van der Waals surface area contributed by atoms with E-state index in [4.69, 9.17) is 18.6 Å². The van der Waals surface area contributed by atoms with Crippen LogP contribution in [0.4, 0.5) is 0 Å². The van der Waals surface area contributed by atoms with Crippen molar-refractivity contribution in [2.45, 2.75) is 19.5 Å². The molecule has 0 saturated carbocycles. The number of hydrogen-bond acceptors (Lipinski definition) is 6. The molecule has 0 aliphatic carbocycles. The van der Waals surface area contributed by atoms with E-state index in [1.807, 2.05) is 24.3 Å². The van der Waals surface area contributed by atoms with Crippen LogP contribution >= 0.6 is 0 Å². The first kappa shape index (κ1) is 19.1. The second-order valence-corrected chi connectivity index (χ2v) is 7.02. The summed E-state index contributed by atoms with van der Waals surface area (Å²) in [5, 5.41) is 10.1. The molecule has 7 nitrogen and oxygen atoms in total. The van der Waals surface area contributed by atoms with Crippen LogP contribution in [0.5, 0.6) is 17.2 Å². The van der Waals surface area contributed by atoms with Gasteiger partial charge in [0.1, 0.15) is 0 Å². The minimum Gasteiger partial charge on any atom is -0.493 e. The van der Waals surface area contributed by atoms with Crippen LogP contribution in [0.1, 0.15) is 27.2 Å². The highest BCUT2D eigenvalue weighted by Gasteiger charge is 2.22. The molecule has 0 bridgehead atoms. The fourth-order valence-corrected chi connectivity index (χ4v) is 3.88. The van der Waals surface area contributed by atoms with E-state index >= 15 is 0 Å². The topological polar surface area (TPSA) is 81.4 Å². The first-order valence-corrected chi connectivity index (χ1v) is 9.33. The molecule has 152 valence electrons. The zero-order valence-corrected chi connectivity index (χ0v) is 16.7. The van der Waals surface area contributed by atoms with E-state index in [1.165, 1.54) is 11.1 Å². The molecule has 0 atom stereocenters. The maximum absolute atomic E-state index is 11.4. The predicted molar refractivity (Wildman–Crippen MR) is 107 cm³/mol. The maximum Gasteiger partial charge on any atom is 0.371 e. The van der Waals surface area contributed by atoms with Gasteiger partial charge in [-0.2, -0.15) is 0 Å². The van der Waals surface area contributed by atoms with E-state index in [2.05, 4.69) is 4.90 Å². The molecule has 1 aliphatic rings. The van der Waals surface area contributed by atoms with Crippen molar-refractivity contribution in [2.24, 2.45) is 0 Å². The SMILES string of the molecule is COc1cc2c(cc1OC)CN(Cc1ccc(OC)c3oc(C(=O)O)cc13)CC2. The van der Waals surface area contributed by atoms with E-state index in [0.29, 0.717) is 17.9 Å². The number of fused-ring (bicyclic) bond motifs is 2. The third-order valence-electron chi connectivity index (χ3n) is 5.36. The number of rotatable bonds is 6. The molecule has 2 aromatic carbocycles. The lowest BCUT2D eigenvalue weighted by Gasteiger charge is -2.29. The molecular weight excluding hydrogens is 374 g/mol. The highest BCUT2D eigenvalue weighted by atomic mass is 16.5. The summed E-state index contributed by atoms with van der Waals surface area (Å²) in [6.07, 6.45) is 0.904. The summed E-state index contributed by atoms with van der Waals surface area (Å²) in [5.74, 6) is 0.808. The summed E-state index contributed by atoms with van der Waals surface area (Å²) in [4.78, 5) is 13.7. The van der Waals surface area contributed by atoms with Crippen LogP contribution in [0.15, 0.2) is 34.7 Å². The van der Waals surface area contributed by atoms with Gasteiger partial charge in [-0.15, -0.1) is 0 Å². The Bertz CT molecular complexity index is 1070. The van der Waals surface area contributed by atoms with Gasteiger partial charge in [-0.3, -0.25) is 4.90 Å². The standard InChI is InChI=1S/C22H23NO6/c1-26-17-5-4-14(16-10-20(22(24)25)29-21(16)17)11-23-7-6-13-8-18(27-2)19(28-3)9-15(13)12-23/h4-5,8-10H,6-7,11-12H2,1-3H3,(H,24,25). The molecule has 2 heterocycles. The summed E-state index contributed by atoms with van der Waals surface area (Å²) in [6.45, 7) is 2.33. The number of ether oxygens (including phenoxy) is 3. The number of hydrogen-bond donors (Lipinski definition) is 1. The number of aromatic carboxylic acids is 1. The van der Waals surface area contributed by atoms with E-state index in [1.54, 1.807) is 27.4 Å². The normalized spacial score (nSPS) is 13.9. The van der Waals surface area contributed by atoms with Crippen LogP contribution < -0.4 is 14.2 Å². The lowest BCUT2D eigenvalue weighted by Crippen LogP contribution is -2.30. The minimum atomic E-state index is -1.10. The molecule has 3 aromatic rings. The average Bonchev–Trinajstić information content (AvgIpc) is 3.19. The summed E-state index contributed by atoms with van der Waals surface area (Å²) >= 11 is 0. The molecule has 0 fully saturated rings. The highest BCUT2D eigenvalue weighted by Crippen LogP contribution is 2.35. The monoisotopic (exact) mass is 397 g/mol. The van der Waals surface area contributed by atoms with Crippen molar-refractivity contribution in [3.05, 3.63) is 52.8 Å². The number of carboxylic acid groups (broad SMARTS) is 1. The molecule has 7 heteroatoms. The van der Waals surface area contributed by atoms with Crippen LogP contribution in [0.2, 0.25) is 0 Å². The first-order chi connectivity index (χ1) is 14.0. The Morgan fingerprint density at radius 3 is 2.38 bits per heavy atom. The highest BCUT2D eigenvalue weighted by molar-refractivity contribution is 5.95. The van der Waals surface area contributed by atoms with Gasteiger partial charge in [-0.05, 0) is 47.4 Å². The summed E-state index contributed by atoms with van der Waals surface area (Å²) < 4.78 is 21.7. The molecule has 29 heavy (non-hydrogen) atoms. The first-order valence-electron chi connectivity index (χ1n) is 9.33. The third kappa shape index (κ3) is 3.49. The number of furan rings is 1. The Balaban J connectivity index is 1.64. The molecule has 1 N–H and O–H groups in total. The second kappa shape index (κ2) is 7.67. The maximum atomic E-state index is 11.4. The Morgan fingerprint density at radius 2 is 1.72 bits per heavy atom. The van der Waals surface area contributed by atoms with Crippen molar-refractivity contribution >= 4 is 16.9 Å². The molecule has 0 spiro atoms. The van der Waals surface area contributed by atoms with Gasteiger partial charge < -0.3 is 23.7 Å². The van der Waals surface area contributed by atoms with Crippen LogP contribution in [-0.4, -0.2) is 43.8 Å². The Morgan fingerprint density at radius 1 is 1.03 bits per heavy atom. The van der Waals surface area contributed by atoms with E-state index in [0.717, 1.165) is 42.0 Å². The van der Waals surface area contributed by atoms with Crippen molar-refractivity contribution < 1.29 is 28.5 Å². The van der Waals surface area contributed by atoms with Gasteiger partial charge >= 0.3 is 5.97 Å². The molecule has 0 unspecified atom stereocenters. The summed E-state index contributed by atoms with van der Waals surface area (Å²) in [5.41, 5.74) is 3.93. The number of carboxylic acids is 1. The Kier molecular flexibility index (Phi) is 5.07. The smallest absolute Gasteiger partial charge is 0.371 e. The van der Waals surface area contributed by atoms with E-state index in [9.17, 15) is 9.90 Å². The number of methoxy groups -OCH3 is 3. The van der Waals surface area contributed by atoms with Gasteiger partial charge in [0.05, 0.1) is 21.3 Å². The lowest BCUT2D eigenvalue weighted by atomic mass is 9.98. The Labute approximate surface area is 168 Å². The number of carbonyl (C=O) groups is 1. The minimum absolute atomic E-state index is 0.0911. The second-order valence-electron chi connectivity index (χ2n) is 7.02. The quantitative estimate of drug-likeness (QED) is 0.679. The van der Waals surface area contributed by atoms with Crippen molar-refractivity contribution in [3.63, 3.8) is 0 Å². The van der Waals surface area contributed by atoms with Gasteiger partial charge in [0.25, 0.3) is 0 Å². The van der Waals surface area contributed by atoms with Gasteiger partial charge in [-0.1, -0.05) is 6.07 Å². The zero-order valence-electron chi connectivity index (χ0n) is 16.7.